The highest BCUT2D eigenvalue weighted by Crippen LogP contribution is 2.18. The quantitative estimate of drug-likeness (QED) is 0.375. The van der Waals surface area contributed by atoms with Crippen molar-refractivity contribution in [2.75, 3.05) is 12.3 Å². The molecule has 0 saturated heterocycles. The molecule has 0 amide bonds. The first kappa shape index (κ1) is 9.38. The second-order valence-corrected chi connectivity index (χ2v) is 2.71. The SMILES string of the molecule is NCC(OS)c1ccc(N)cc1. The number of hydrogen-bond acceptors (Lipinski definition) is 4. The average molecular weight is 184 g/mol. The lowest BCUT2D eigenvalue weighted by Crippen LogP contribution is -2.12. The summed E-state index contributed by atoms with van der Waals surface area (Å²) in [7, 11) is 0. The molecule has 0 bridgehead atoms. The molecule has 0 saturated carbocycles. The molecule has 0 spiro atoms. The van der Waals surface area contributed by atoms with Crippen LogP contribution in [-0.2, 0) is 4.18 Å². The lowest BCUT2D eigenvalue weighted by Gasteiger charge is -2.11. The molecule has 0 aliphatic carbocycles. The zero-order valence-corrected chi connectivity index (χ0v) is 7.50. The number of nitrogen functional groups attached to an aromatic ring is 1. The highest BCUT2D eigenvalue weighted by Gasteiger charge is 2.07. The van der Waals surface area contributed by atoms with Crippen LogP contribution in [0.5, 0.6) is 0 Å². The topological polar surface area (TPSA) is 61.3 Å². The molecule has 1 atom stereocenters. The van der Waals surface area contributed by atoms with Crippen LogP contribution in [0.25, 0.3) is 0 Å². The van der Waals surface area contributed by atoms with Crippen LogP contribution >= 0.6 is 12.9 Å². The van der Waals surface area contributed by atoms with Gasteiger partial charge in [0.15, 0.2) is 0 Å². The van der Waals surface area contributed by atoms with Crippen LogP contribution < -0.4 is 11.5 Å². The van der Waals surface area contributed by atoms with E-state index < -0.39 is 0 Å². The fraction of sp³-hybridized carbons (Fsp3) is 0.250. The van der Waals surface area contributed by atoms with E-state index in [1.807, 2.05) is 24.3 Å². The first-order valence-electron chi connectivity index (χ1n) is 3.63. The second-order valence-electron chi connectivity index (χ2n) is 2.50. The van der Waals surface area contributed by atoms with Crippen molar-refractivity contribution in [3.8, 4) is 0 Å². The Balaban J connectivity index is 2.80. The number of benzene rings is 1. The van der Waals surface area contributed by atoms with Gasteiger partial charge in [-0.25, -0.2) is 0 Å². The lowest BCUT2D eigenvalue weighted by molar-refractivity contribution is 0.263. The summed E-state index contributed by atoms with van der Waals surface area (Å²) in [6.45, 7) is 0.410. The summed E-state index contributed by atoms with van der Waals surface area (Å²) in [4.78, 5) is 0. The maximum atomic E-state index is 5.52. The van der Waals surface area contributed by atoms with E-state index >= 15 is 0 Å². The van der Waals surface area contributed by atoms with Crippen LogP contribution in [0.1, 0.15) is 11.7 Å². The van der Waals surface area contributed by atoms with Gasteiger partial charge in [0, 0.05) is 12.2 Å². The van der Waals surface area contributed by atoms with E-state index in [2.05, 4.69) is 12.9 Å². The standard InChI is InChI=1S/C8H12N2OS/c9-5-8(11-12)6-1-3-7(10)4-2-6/h1-4,8,12H,5,9-10H2. The smallest absolute Gasteiger partial charge is 0.109 e. The van der Waals surface area contributed by atoms with Gasteiger partial charge in [-0.05, 0) is 30.6 Å². The van der Waals surface area contributed by atoms with Crippen LogP contribution in [-0.4, -0.2) is 6.54 Å². The van der Waals surface area contributed by atoms with E-state index in [9.17, 15) is 0 Å². The average Bonchev–Trinajstić information content (AvgIpc) is 2.10. The number of nitrogens with two attached hydrogens (primary N) is 2. The van der Waals surface area contributed by atoms with Crippen LogP contribution in [0.2, 0.25) is 0 Å². The number of anilines is 1. The molecule has 12 heavy (non-hydrogen) atoms. The summed E-state index contributed by atoms with van der Waals surface area (Å²) in [5.74, 6) is 0. The molecule has 66 valence electrons. The van der Waals surface area contributed by atoms with Crippen molar-refractivity contribution in [1.29, 1.82) is 0 Å². The maximum Gasteiger partial charge on any atom is 0.109 e. The Kier molecular flexibility index (Phi) is 3.40. The maximum absolute atomic E-state index is 5.52. The largest absolute Gasteiger partial charge is 0.399 e. The molecule has 1 aromatic carbocycles. The van der Waals surface area contributed by atoms with Gasteiger partial charge in [0.1, 0.15) is 6.10 Å². The molecule has 4 heteroatoms. The zero-order valence-electron chi connectivity index (χ0n) is 6.60. The third-order valence-corrected chi connectivity index (χ3v) is 1.90. The third-order valence-electron chi connectivity index (χ3n) is 1.65. The zero-order chi connectivity index (χ0) is 8.97. The van der Waals surface area contributed by atoms with E-state index in [1.54, 1.807) is 0 Å². The van der Waals surface area contributed by atoms with Crippen LogP contribution in [0.4, 0.5) is 5.69 Å². The van der Waals surface area contributed by atoms with Gasteiger partial charge in [-0.1, -0.05) is 12.1 Å². The molecule has 0 aliphatic rings. The van der Waals surface area contributed by atoms with E-state index in [1.165, 1.54) is 0 Å². The lowest BCUT2D eigenvalue weighted by atomic mass is 10.1. The van der Waals surface area contributed by atoms with Gasteiger partial charge in [0.25, 0.3) is 0 Å². The Bertz CT molecular complexity index is 233. The Morgan fingerprint density at radius 2 is 1.92 bits per heavy atom. The normalized spacial score (nSPS) is 12.8. The van der Waals surface area contributed by atoms with Crippen molar-refractivity contribution in [3.05, 3.63) is 29.8 Å². The molecule has 1 unspecified atom stereocenters. The van der Waals surface area contributed by atoms with Gasteiger partial charge in [-0.3, -0.25) is 0 Å². The highest BCUT2D eigenvalue weighted by atomic mass is 32.1. The molecule has 0 fully saturated rings. The Labute approximate surface area is 77.3 Å². The van der Waals surface area contributed by atoms with Gasteiger partial charge >= 0.3 is 0 Å². The molecule has 1 aromatic rings. The number of hydrogen-bond donors (Lipinski definition) is 3. The van der Waals surface area contributed by atoms with Gasteiger partial charge in [0.2, 0.25) is 0 Å². The predicted octanol–water partition coefficient (Wildman–Crippen LogP) is 1.13. The van der Waals surface area contributed by atoms with Crippen molar-refractivity contribution in [1.82, 2.24) is 0 Å². The summed E-state index contributed by atoms with van der Waals surface area (Å²) in [6.07, 6.45) is -0.158. The summed E-state index contributed by atoms with van der Waals surface area (Å²) in [5, 5.41) is 0. The van der Waals surface area contributed by atoms with E-state index in [0.717, 1.165) is 11.3 Å². The van der Waals surface area contributed by atoms with Crippen molar-refractivity contribution in [2.45, 2.75) is 6.10 Å². The number of rotatable bonds is 3. The summed E-state index contributed by atoms with van der Waals surface area (Å²) in [6, 6.07) is 7.38. The van der Waals surface area contributed by atoms with Gasteiger partial charge in [0.05, 0.1) is 0 Å². The van der Waals surface area contributed by atoms with Crippen LogP contribution in [0.15, 0.2) is 24.3 Å². The van der Waals surface area contributed by atoms with Crippen molar-refractivity contribution < 1.29 is 4.18 Å². The van der Waals surface area contributed by atoms with Crippen LogP contribution in [0.3, 0.4) is 0 Å². The first-order chi connectivity index (χ1) is 5.77. The van der Waals surface area contributed by atoms with Crippen molar-refractivity contribution >= 4 is 18.6 Å². The monoisotopic (exact) mass is 184 g/mol. The first-order valence-corrected chi connectivity index (χ1v) is 4.00. The number of thiol groups is 1. The molecule has 0 aliphatic heterocycles. The molecule has 0 radical (unpaired) electrons. The van der Waals surface area contributed by atoms with Gasteiger partial charge < -0.3 is 15.7 Å². The van der Waals surface area contributed by atoms with Crippen molar-refractivity contribution in [3.63, 3.8) is 0 Å². The molecule has 4 N–H and O–H groups in total. The molecular formula is C8H12N2OS. The summed E-state index contributed by atoms with van der Waals surface area (Å²) < 4.78 is 4.85. The Morgan fingerprint density at radius 3 is 2.33 bits per heavy atom. The second kappa shape index (κ2) is 4.35. The molecule has 0 heterocycles. The summed E-state index contributed by atoms with van der Waals surface area (Å²) >= 11 is 3.72. The Hall–Kier alpha value is -0.710. The highest BCUT2D eigenvalue weighted by molar-refractivity contribution is 7.75. The molecular weight excluding hydrogens is 172 g/mol. The predicted molar refractivity (Wildman–Crippen MR) is 52.7 cm³/mol. The van der Waals surface area contributed by atoms with E-state index in [4.69, 9.17) is 15.7 Å². The minimum atomic E-state index is -0.158. The fourth-order valence-electron chi connectivity index (χ4n) is 0.951. The third kappa shape index (κ3) is 2.14. The van der Waals surface area contributed by atoms with Crippen molar-refractivity contribution in [2.24, 2.45) is 5.73 Å². The minimum absolute atomic E-state index is 0.158. The van der Waals surface area contributed by atoms with E-state index in [0.29, 0.717) is 6.54 Å². The molecule has 3 nitrogen and oxygen atoms in total. The molecule has 1 rings (SSSR count). The van der Waals surface area contributed by atoms with E-state index in [-0.39, 0.29) is 6.10 Å². The van der Waals surface area contributed by atoms with Crippen LogP contribution in [0, 0.1) is 0 Å². The van der Waals surface area contributed by atoms with Gasteiger partial charge in [-0.2, -0.15) is 0 Å². The minimum Gasteiger partial charge on any atom is -0.399 e. The van der Waals surface area contributed by atoms with Gasteiger partial charge in [-0.15, -0.1) is 0 Å². The summed E-state index contributed by atoms with van der Waals surface area (Å²) in [5.41, 5.74) is 12.7. The molecule has 0 aromatic heterocycles. The fourth-order valence-corrected chi connectivity index (χ4v) is 1.16. The Morgan fingerprint density at radius 1 is 1.33 bits per heavy atom.